The molecule has 0 spiro atoms. The third-order valence-corrected chi connectivity index (χ3v) is 5.08. The third kappa shape index (κ3) is 4.81. The van der Waals surface area contributed by atoms with Crippen molar-refractivity contribution in [2.45, 2.75) is 19.4 Å². The van der Waals surface area contributed by atoms with Gasteiger partial charge in [0.05, 0.1) is 4.92 Å². The summed E-state index contributed by atoms with van der Waals surface area (Å²) < 4.78 is 13.9. The van der Waals surface area contributed by atoms with Gasteiger partial charge in [0.25, 0.3) is 5.69 Å². The minimum Gasteiger partial charge on any atom is -0.326 e. The lowest BCUT2D eigenvalue weighted by atomic mass is 9.95. The van der Waals surface area contributed by atoms with E-state index in [-0.39, 0.29) is 23.3 Å². The molecule has 0 aromatic heterocycles. The van der Waals surface area contributed by atoms with Crippen LogP contribution in [0.4, 0.5) is 15.8 Å². The molecule has 3 rings (SSSR count). The van der Waals surface area contributed by atoms with Gasteiger partial charge < -0.3 is 5.32 Å². The summed E-state index contributed by atoms with van der Waals surface area (Å²) in [5.41, 5.74) is 0.817. The number of rotatable bonds is 5. The minimum absolute atomic E-state index is 0.0654. The van der Waals surface area contributed by atoms with Crippen molar-refractivity contribution >= 4 is 28.9 Å². The molecular formula is C19H19ClFN3O3. The van der Waals surface area contributed by atoms with Crippen LogP contribution < -0.4 is 5.32 Å². The number of benzene rings is 2. The van der Waals surface area contributed by atoms with Crippen LogP contribution in [0.2, 0.25) is 5.02 Å². The first kappa shape index (κ1) is 19.3. The van der Waals surface area contributed by atoms with E-state index in [1.165, 1.54) is 24.3 Å². The molecule has 1 saturated heterocycles. The Morgan fingerprint density at radius 1 is 1.26 bits per heavy atom. The molecule has 0 saturated carbocycles. The monoisotopic (exact) mass is 391 g/mol. The number of carbonyl (C=O) groups excluding carboxylic acids is 1. The van der Waals surface area contributed by atoms with E-state index < -0.39 is 4.92 Å². The van der Waals surface area contributed by atoms with E-state index in [2.05, 4.69) is 10.2 Å². The topological polar surface area (TPSA) is 75.5 Å². The van der Waals surface area contributed by atoms with Crippen LogP contribution in [0.15, 0.2) is 42.5 Å². The fraction of sp³-hybridized carbons (Fsp3) is 0.316. The molecular weight excluding hydrogens is 373 g/mol. The van der Waals surface area contributed by atoms with E-state index in [1.807, 2.05) is 0 Å². The Balaban J connectivity index is 1.55. The number of hydrogen-bond acceptors (Lipinski definition) is 4. The molecule has 0 aliphatic carbocycles. The van der Waals surface area contributed by atoms with Gasteiger partial charge >= 0.3 is 0 Å². The number of nitro groups is 1. The summed E-state index contributed by atoms with van der Waals surface area (Å²) >= 11 is 6.07. The van der Waals surface area contributed by atoms with Crippen LogP contribution in [0, 0.1) is 21.8 Å². The lowest BCUT2D eigenvalue weighted by Gasteiger charge is -2.31. The molecule has 8 heteroatoms. The van der Waals surface area contributed by atoms with Crippen LogP contribution in [0.25, 0.3) is 0 Å². The Morgan fingerprint density at radius 3 is 2.63 bits per heavy atom. The fourth-order valence-electron chi connectivity index (χ4n) is 3.20. The van der Waals surface area contributed by atoms with E-state index >= 15 is 0 Å². The van der Waals surface area contributed by atoms with E-state index in [4.69, 9.17) is 11.6 Å². The van der Waals surface area contributed by atoms with Gasteiger partial charge in [0.15, 0.2) is 0 Å². The summed E-state index contributed by atoms with van der Waals surface area (Å²) in [6.07, 6.45) is 1.26. The summed E-state index contributed by atoms with van der Waals surface area (Å²) in [6.45, 7) is 1.71. The Labute approximate surface area is 161 Å². The molecule has 27 heavy (non-hydrogen) atoms. The quantitative estimate of drug-likeness (QED) is 0.611. The van der Waals surface area contributed by atoms with Crippen molar-refractivity contribution in [1.29, 1.82) is 0 Å². The van der Waals surface area contributed by atoms with Gasteiger partial charge in [-0.1, -0.05) is 23.7 Å². The smallest absolute Gasteiger partial charge is 0.271 e. The van der Waals surface area contributed by atoms with Crippen molar-refractivity contribution in [3.05, 3.63) is 69.0 Å². The molecule has 2 aromatic carbocycles. The van der Waals surface area contributed by atoms with Crippen molar-refractivity contribution < 1.29 is 14.1 Å². The van der Waals surface area contributed by atoms with Gasteiger partial charge in [-0.15, -0.1) is 0 Å². The van der Waals surface area contributed by atoms with Gasteiger partial charge in [-0.3, -0.25) is 19.8 Å². The van der Waals surface area contributed by atoms with Gasteiger partial charge in [0.1, 0.15) is 5.82 Å². The molecule has 142 valence electrons. The van der Waals surface area contributed by atoms with Crippen LogP contribution in [0.5, 0.6) is 0 Å². The third-order valence-electron chi connectivity index (χ3n) is 4.73. The maximum Gasteiger partial charge on any atom is 0.271 e. The average Bonchev–Trinajstić information content (AvgIpc) is 2.65. The molecule has 1 aliphatic heterocycles. The Bertz CT molecular complexity index is 834. The lowest BCUT2D eigenvalue weighted by Crippen LogP contribution is -2.38. The second kappa shape index (κ2) is 8.45. The highest BCUT2D eigenvalue weighted by molar-refractivity contribution is 6.31. The second-order valence-electron chi connectivity index (χ2n) is 6.55. The van der Waals surface area contributed by atoms with E-state index in [1.54, 1.807) is 18.2 Å². The number of amides is 1. The zero-order valence-electron chi connectivity index (χ0n) is 14.5. The molecule has 2 aromatic rings. The van der Waals surface area contributed by atoms with E-state index in [0.29, 0.717) is 48.7 Å². The van der Waals surface area contributed by atoms with Crippen LogP contribution >= 0.6 is 11.6 Å². The van der Waals surface area contributed by atoms with Gasteiger partial charge in [-0.25, -0.2) is 4.39 Å². The zero-order valence-corrected chi connectivity index (χ0v) is 15.3. The number of nitrogens with one attached hydrogen (secondary N) is 1. The zero-order chi connectivity index (χ0) is 19.4. The molecule has 1 fully saturated rings. The number of hydrogen-bond donors (Lipinski definition) is 1. The Kier molecular flexibility index (Phi) is 6.03. The first-order valence-electron chi connectivity index (χ1n) is 8.64. The van der Waals surface area contributed by atoms with Gasteiger partial charge in [0.2, 0.25) is 5.91 Å². The Hall–Kier alpha value is -2.51. The maximum atomic E-state index is 13.9. The number of nitrogens with zero attached hydrogens (tertiary/aromatic N) is 2. The summed E-state index contributed by atoms with van der Waals surface area (Å²) in [5, 5.41) is 14.0. The van der Waals surface area contributed by atoms with Crippen LogP contribution in [-0.2, 0) is 11.3 Å². The standard InChI is InChI=1S/C19H19ClFN3O3/c20-17-5-2-6-18(21)16(17)12-23-9-7-13(8-10-23)19(25)22-14-3-1-4-15(11-14)24(26)27/h1-6,11,13H,7-10,12H2,(H,22,25). The van der Waals surface area contributed by atoms with Gasteiger partial charge in [-0.2, -0.15) is 0 Å². The molecule has 1 amide bonds. The molecule has 0 atom stereocenters. The highest BCUT2D eigenvalue weighted by Gasteiger charge is 2.26. The van der Waals surface area contributed by atoms with Crippen LogP contribution in [-0.4, -0.2) is 28.8 Å². The first-order chi connectivity index (χ1) is 12.9. The maximum absolute atomic E-state index is 13.9. The Morgan fingerprint density at radius 2 is 1.96 bits per heavy atom. The SMILES string of the molecule is O=C(Nc1cccc([N+](=O)[O-])c1)C1CCN(Cc2c(F)cccc2Cl)CC1. The number of piperidine rings is 1. The summed E-state index contributed by atoms with van der Waals surface area (Å²) in [7, 11) is 0. The summed E-state index contributed by atoms with van der Waals surface area (Å²) in [6, 6.07) is 10.5. The first-order valence-corrected chi connectivity index (χ1v) is 9.02. The number of non-ortho nitro benzene ring substituents is 1. The van der Waals surface area contributed by atoms with Crippen molar-refractivity contribution in [3.63, 3.8) is 0 Å². The second-order valence-corrected chi connectivity index (χ2v) is 6.95. The molecule has 1 aliphatic rings. The molecule has 0 bridgehead atoms. The van der Waals surface area contributed by atoms with Gasteiger partial charge in [0, 0.05) is 40.9 Å². The minimum atomic E-state index is -0.498. The number of carbonyl (C=O) groups is 1. The van der Waals surface area contributed by atoms with E-state index in [0.717, 1.165) is 0 Å². The predicted octanol–water partition coefficient (Wildman–Crippen LogP) is 4.24. The van der Waals surface area contributed by atoms with Crippen molar-refractivity contribution in [1.82, 2.24) is 4.90 Å². The average molecular weight is 392 g/mol. The van der Waals surface area contributed by atoms with Crippen LogP contribution in [0.3, 0.4) is 0 Å². The number of anilines is 1. The van der Waals surface area contributed by atoms with Crippen LogP contribution in [0.1, 0.15) is 18.4 Å². The molecule has 6 nitrogen and oxygen atoms in total. The highest BCUT2D eigenvalue weighted by atomic mass is 35.5. The molecule has 0 radical (unpaired) electrons. The molecule has 1 heterocycles. The largest absolute Gasteiger partial charge is 0.326 e. The molecule has 1 N–H and O–H groups in total. The molecule has 0 unspecified atom stereocenters. The summed E-state index contributed by atoms with van der Waals surface area (Å²) in [5.74, 6) is -0.663. The number of likely N-dealkylation sites (tertiary alicyclic amines) is 1. The van der Waals surface area contributed by atoms with Crippen molar-refractivity contribution in [3.8, 4) is 0 Å². The van der Waals surface area contributed by atoms with Crippen molar-refractivity contribution in [2.75, 3.05) is 18.4 Å². The summed E-state index contributed by atoms with van der Waals surface area (Å²) in [4.78, 5) is 24.8. The normalized spacial score (nSPS) is 15.5. The van der Waals surface area contributed by atoms with E-state index in [9.17, 15) is 19.3 Å². The fourth-order valence-corrected chi connectivity index (χ4v) is 3.42. The van der Waals surface area contributed by atoms with Crippen molar-refractivity contribution in [2.24, 2.45) is 5.92 Å². The lowest BCUT2D eigenvalue weighted by molar-refractivity contribution is -0.384. The predicted molar refractivity (Wildman–Crippen MR) is 101 cm³/mol. The highest BCUT2D eigenvalue weighted by Crippen LogP contribution is 2.25. The number of halogens is 2. The van der Waals surface area contributed by atoms with Gasteiger partial charge in [-0.05, 0) is 44.1 Å². The number of nitro benzene ring substituents is 1.